The quantitative estimate of drug-likeness (QED) is 0.323. The molecule has 0 radical (unpaired) electrons. The number of nitrogens with zero attached hydrogens (tertiary/aromatic N) is 2. The summed E-state index contributed by atoms with van der Waals surface area (Å²) >= 11 is 9.09. The highest BCUT2D eigenvalue weighted by Crippen LogP contribution is 2.34. The van der Waals surface area contributed by atoms with Crippen LogP contribution in [0.1, 0.15) is 5.56 Å². The molecule has 0 unspecified atom stereocenters. The first-order valence-electron chi connectivity index (χ1n) is 8.88. The Kier molecular flexibility index (Phi) is 6.13. The summed E-state index contributed by atoms with van der Waals surface area (Å²) in [7, 11) is 0. The van der Waals surface area contributed by atoms with Crippen LogP contribution in [0.5, 0.6) is 0 Å². The van der Waals surface area contributed by atoms with Crippen LogP contribution in [0.3, 0.4) is 0 Å². The normalized spacial score (nSPS) is 11.0. The van der Waals surface area contributed by atoms with Crippen molar-refractivity contribution in [3.05, 3.63) is 89.2 Å². The minimum Gasteiger partial charge on any atom is -0.283 e. The lowest BCUT2D eigenvalue weighted by Gasteiger charge is -2.20. The Hall–Kier alpha value is -2.41. The van der Waals surface area contributed by atoms with Gasteiger partial charge in [-0.05, 0) is 42.0 Å². The molecule has 0 aliphatic carbocycles. The monoisotopic (exact) mass is 442 g/mol. The van der Waals surface area contributed by atoms with Crippen LogP contribution in [0.2, 0.25) is 5.02 Å². The number of benzene rings is 3. The van der Waals surface area contributed by atoms with Crippen LogP contribution in [0.15, 0.2) is 77.7 Å². The molecule has 29 heavy (non-hydrogen) atoms. The zero-order chi connectivity index (χ0) is 20.2. The Morgan fingerprint density at radius 1 is 1.03 bits per heavy atom. The van der Waals surface area contributed by atoms with Gasteiger partial charge in [0.25, 0.3) is 0 Å². The van der Waals surface area contributed by atoms with E-state index in [4.69, 9.17) is 11.6 Å². The second kappa shape index (κ2) is 8.95. The summed E-state index contributed by atoms with van der Waals surface area (Å²) in [6.07, 6.45) is 0. The molecule has 4 aromatic rings. The number of para-hydroxylation sites is 1. The fourth-order valence-electron chi connectivity index (χ4n) is 2.80. The first kappa shape index (κ1) is 19.9. The lowest BCUT2D eigenvalue weighted by Crippen LogP contribution is -2.31. The number of hydrogen-bond acceptors (Lipinski definition) is 4. The van der Waals surface area contributed by atoms with Crippen molar-refractivity contribution < 1.29 is 9.18 Å². The number of anilines is 1. The lowest BCUT2D eigenvalue weighted by atomic mass is 10.2. The average molecular weight is 443 g/mol. The molecule has 0 spiro atoms. The van der Waals surface area contributed by atoms with Crippen molar-refractivity contribution >= 4 is 56.0 Å². The van der Waals surface area contributed by atoms with Crippen LogP contribution in [-0.4, -0.2) is 16.6 Å². The molecule has 0 fully saturated rings. The third-order valence-electron chi connectivity index (χ3n) is 4.25. The first-order chi connectivity index (χ1) is 14.1. The molecular formula is C22H16ClFN2OS2. The van der Waals surface area contributed by atoms with E-state index in [-0.39, 0.29) is 17.5 Å². The van der Waals surface area contributed by atoms with Crippen LogP contribution in [0, 0.1) is 5.82 Å². The highest BCUT2D eigenvalue weighted by atomic mass is 35.5. The minimum atomic E-state index is -0.294. The van der Waals surface area contributed by atoms with Gasteiger partial charge < -0.3 is 0 Å². The van der Waals surface area contributed by atoms with Gasteiger partial charge in [0.05, 0.1) is 22.0 Å². The second-order valence-electron chi connectivity index (χ2n) is 6.29. The maximum absolute atomic E-state index is 13.1. The molecule has 0 N–H and O–H groups in total. The van der Waals surface area contributed by atoms with Crippen molar-refractivity contribution in [2.75, 3.05) is 10.7 Å². The molecule has 0 atom stereocenters. The Morgan fingerprint density at radius 3 is 2.52 bits per heavy atom. The van der Waals surface area contributed by atoms with E-state index in [0.29, 0.717) is 22.2 Å². The summed E-state index contributed by atoms with van der Waals surface area (Å²) in [5.74, 6) is -0.140. The maximum Gasteiger partial charge on any atom is 0.239 e. The van der Waals surface area contributed by atoms with E-state index in [1.807, 2.05) is 42.5 Å². The number of carbonyl (C=O) groups is 1. The van der Waals surface area contributed by atoms with Crippen LogP contribution in [-0.2, 0) is 11.3 Å². The van der Waals surface area contributed by atoms with Crippen molar-refractivity contribution in [3.63, 3.8) is 0 Å². The number of hydrogen-bond donors (Lipinski definition) is 0. The average Bonchev–Trinajstić information content (AvgIpc) is 3.17. The standard InChI is InChI=1S/C22H16ClFN2OS2/c23-18-7-4-8-19-21(18)25-22(29-19)26(13-15-5-2-1-3-6-15)20(27)14-28-17-11-9-16(24)10-12-17/h1-12H,13-14H2. The number of carbonyl (C=O) groups excluding carboxylic acids is 1. The maximum atomic E-state index is 13.1. The fraction of sp³-hybridized carbons (Fsp3) is 0.0909. The van der Waals surface area contributed by atoms with E-state index < -0.39 is 0 Å². The SMILES string of the molecule is O=C(CSc1ccc(F)cc1)N(Cc1ccccc1)c1nc2c(Cl)cccc2s1. The predicted octanol–water partition coefficient (Wildman–Crippen LogP) is 6.41. The first-order valence-corrected chi connectivity index (χ1v) is 11.1. The smallest absolute Gasteiger partial charge is 0.239 e. The molecule has 0 saturated heterocycles. The number of rotatable bonds is 6. The van der Waals surface area contributed by atoms with Gasteiger partial charge in [-0.25, -0.2) is 9.37 Å². The summed E-state index contributed by atoms with van der Waals surface area (Å²) < 4.78 is 14.0. The fourth-order valence-corrected chi connectivity index (χ4v) is 4.86. The van der Waals surface area contributed by atoms with Crippen LogP contribution in [0.25, 0.3) is 10.2 Å². The van der Waals surface area contributed by atoms with E-state index in [1.54, 1.807) is 23.1 Å². The van der Waals surface area contributed by atoms with Gasteiger partial charge in [0, 0.05) is 4.90 Å². The molecule has 0 aliphatic heterocycles. The van der Waals surface area contributed by atoms with Gasteiger partial charge in [-0.3, -0.25) is 9.69 Å². The summed E-state index contributed by atoms with van der Waals surface area (Å²) in [5, 5.41) is 1.18. The Morgan fingerprint density at radius 2 is 1.79 bits per heavy atom. The molecule has 146 valence electrons. The van der Waals surface area contributed by atoms with E-state index in [0.717, 1.165) is 15.2 Å². The predicted molar refractivity (Wildman–Crippen MR) is 119 cm³/mol. The zero-order valence-electron chi connectivity index (χ0n) is 15.2. The van der Waals surface area contributed by atoms with Gasteiger partial charge in [0.1, 0.15) is 11.3 Å². The molecule has 1 heterocycles. The lowest BCUT2D eigenvalue weighted by molar-refractivity contribution is -0.116. The molecule has 1 aromatic heterocycles. The molecule has 0 bridgehead atoms. The highest BCUT2D eigenvalue weighted by Gasteiger charge is 2.21. The number of thiazole rings is 1. The van der Waals surface area contributed by atoms with Gasteiger partial charge in [-0.1, -0.05) is 59.3 Å². The molecule has 3 nitrogen and oxygen atoms in total. The molecule has 1 amide bonds. The zero-order valence-corrected chi connectivity index (χ0v) is 17.6. The summed E-state index contributed by atoms with van der Waals surface area (Å²) in [6.45, 7) is 0.418. The summed E-state index contributed by atoms with van der Waals surface area (Å²) in [6, 6.07) is 21.5. The van der Waals surface area contributed by atoms with E-state index in [1.165, 1.54) is 35.2 Å². The highest BCUT2D eigenvalue weighted by molar-refractivity contribution is 8.00. The van der Waals surface area contributed by atoms with Crippen LogP contribution >= 0.6 is 34.7 Å². The van der Waals surface area contributed by atoms with Crippen LogP contribution in [0.4, 0.5) is 9.52 Å². The van der Waals surface area contributed by atoms with E-state index in [2.05, 4.69) is 4.98 Å². The van der Waals surface area contributed by atoms with E-state index in [9.17, 15) is 9.18 Å². The number of amides is 1. The number of thioether (sulfide) groups is 1. The third-order valence-corrected chi connectivity index (χ3v) is 6.60. The number of halogens is 2. The molecular weight excluding hydrogens is 427 g/mol. The number of aromatic nitrogens is 1. The largest absolute Gasteiger partial charge is 0.283 e. The minimum absolute atomic E-state index is 0.0710. The van der Waals surface area contributed by atoms with Crippen molar-refractivity contribution in [2.45, 2.75) is 11.4 Å². The molecule has 4 rings (SSSR count). The Labute approximate surface area is 181 Å². The van der Waals surface area contributed by atoms with E-state index >= 15 is 0 Å². The third kappa shape index (κ3) is 4.78. The van der Waals surface area contributed by atoms with Crippen molar-refractivity contribution in [1.29, 1.82) is 0 Å². The second-order valence-corrected chi connectivity index (χ2v) is 8.76. The van der Waals surface area contributed by atoms with Gasteiger partial charge in [-0.2, -0.15) is 0 Å². The van der Waals surface area contributed by atoms with Crippen molar-refractivity contribution in [3.8, 4) is 0 Å². The van der Waals surface area contributed by atoms with Gasteiger partial charge in [0.15, 0.2) is 5.13 Å². The van der Waals surface area contributed by atoms with Gasteiger partial charge >= 0.3 is 0 Å². The Balaban J connectivity index is 1.60. The van der Waals surface area contributed by atoms with Crippen LogP contribution < -0.4 is 4.90 Å². The molecule has 7 heteroatoms. The van der Waals surface area contributed by atoms with Crippen molar-refractivity contribution in [1.82, 2.24) is 4.98 Å². The van der Waals surface area contributed by atoms with Crippen molar-refractivity contribution in [2.24, 2.45) is 0 Å². The number of fused-ring (bicyclic) bond motifs is 1. The topological polar surface area (TPSA) is 33.2 Å². The Bertz CT molecular complexity index is 1130. The molecule has 0 saturated carbocycles. The summed E-state index contributed by atoms with van der Waals surface area (Å²) in [5.41, 5.74) is 1.71. The molecule has 0 aliphatic rings. The van der Waals surface area contributed by atoms with Gasteiger partial charge in [0.2, 0.25) is 5.91 Å². The molecule has 3 aromatic carbocycles. The summed E-state index contributed by atoms with van der Waals surface area (Å²) in [4.78, 5) is 20.3. The van der Waals surface area contributed by atoms with Gasteiger partial charge in [-0.15, -0.1) is 11.8 Å².